The van der Waals surface area contributed by atoms with Crippen LogP contribution in [0.4, 0.5) is 0 Å². The van der Waals surface area contributed by atoms with Gasteiger partial charge >= 0.3 is 0 Å². The monoisotopic (exact) mass is 315 g/mol. The molecule has 0 radical (unpaired) electrons. The van der Waals surface area contributed by atoms with Crippen LogP contribution in [0.1, 0.15) is 47.5 Å². The maximum atomic E-state index is 11.9. The SMILES string of the molecule is C[SiH]([O-])C(C)(C)CC1=C(NC(O)OC(C)(C)C)CNCC1. The molecule has 0 saturated carbocycles. The van der Waals surface area contributed by atoms with E-state index in [1.165, 1.54) is 5.57 Å². The van der Waals surface area contributed by atoms with E-state index in [9.17, 15) is 9.90 Å². The van der Waals surface area contributed by atoms with Crippen LogP contribution in [-0.4, -0.2) is 39.3 Å². The summed E-state index contributed by atoms with van der Waals surface area (Å²) >= 11 is 0. The zero-order valence-electron chi connectivity index (χ0n) is 14.2. The van der Waals surface area contributed by atoms with E-state index in [2.05, 4.69) is 24.5 Å². The molecular weight excluding hydrogens is 284 g/mol. The summed E-state index contributed by atoms with van der Waals surface area (Å²) in [6.45, 7) is 13.3. The normalized spacial score (nSPS) is 20.4. The van der Waals surface area contributed by atoms with Crippen molar-refractivity contribution < 1.29 is 14.6 Å². The van der Waals surface area contributed by atoms with Gasteiger partial charge in [-0.3, -0.25) is 0 Å². The Morgan fingerprint density at radius 1 is 1.38 bits per heavy atom. The summed E-state index contributed by atoms with van der Waals surface area (Å²) in [4.78, 5) is 11.9. The molecule has 0 spiro atoms. The third kappa shape index (κ3) is 6.48. The van der Waals surface area contributed by atoms with Crippen molar-refractivity contribution in [1.82, 2.24) is 10.6 Å². The molecule has 1 heterocycles. The van der Waals surface area contributed by atoms with E-state index in [0.717, 1.165) is 25.1 Å². The fourth-order valence-electron chi connectivity index (χ4n) is 2.28. The molecule has 2 atom stereocenters. The van der Waals surface area contributed by atoms with E-state index in [0.29, 0.717) is 6.54 Å². The molecule has 1 rings (SSSR count). The number of ether oxygens (including phenoxy) is 1. The zero-order chi connectivity index (χ0) is 16.3. The van der Waals surface area contributed by atoms with E-state index in [-0.39, 0.29) is 5.04 Å². The highest BCUT2D eigenvalue weighted by atomic mass is 28.3. The van der Waals surface area contributed by atoms with E-state index in [4.69, 9.17) is 4.74 Å². The fourth-order valence-corrected chi connectivity index (χ4v) is 2.82. The molecule has 2 unspecified atom stereocenters. The topological polar surface area (TPSA) is 76.6 Å². The zero-order valence-corrected chi connectivity index (χ0v) is 15.4. The predicted octanol–water partition coefficient (Wildman–Crippen LogP) is 0.799. The Balaban J connectivity index is 2.78. The van der Waals surface area contributed by atoms with E-state index < -0.39 is 21.1 Å². The van der Waals surface area contributed by atoms with Crippen LogP contribution < -0.4 is 15.4 Å². The summed E-state index contributed by atoms with van der Waals surface area (Å²) in [7, 11) is -1.97. The molecule has 0 bridgehead atoms. The maximum absolute atomic E-state index is 11.9. The van der Waals surface area contributed by atoms with Crippen LogP contribution in [0.3, 0.4) is 0 Å². The van der Waals surface area contributed by atoms with Crippen LogP contribution in [-0.2, 0) is 4.74 Å². The summed E-state index contributed by atoms with van der Waals surface area (Å²) in [5.41, 5.74) is 1.80. The summed E-state index contributed by atoms with van der Waals surface area (Å²) in [6, 6.07) is 0. The van der Waals surface area contributed by atoms with Gasteiger partial charge in [-0.1, -0.05) is 34.5 Å². The molecule has 21 heavy (non-hydrogen) atoms. The van der Waals surface area contributed by atoms with Gasteiger partial charge in [0.1, 0.15) is 0 Å². The van der Waals surface area contributed by atoms with Crippen molar-refractivity contribution in [2.75, 3.05) is 13.1 Å². The molecule has 0 aromatic carbocycles. The number of nitrogens with one attached hydrogen (secondary N) is 2. The Morgan fingerprint density at radius 2 is 2.00 bits per heavy atom. The van der Waals surface area contributed by atoms with Crippen molar-refractivity contribution in [3.05, 3.63) is 11.3 Å². The van der Waals surface area contributed by atoms with Gasteiger partial charge in [-0.15, -0.1) is 0 Å². The van der Waals surface area contributed by atoms with Gasteiger partial charge in [-0.05, 0) is 45.7 Å². The van der Waals surface area contributed by atoms with Gasteiger partial charge in [-0.2, -0.15) is 0 Å². The molecule has 0 aliphatic carbocycles. The van der Waals surface area contributed by atoms with Crippen LogP contribution in [0.25, 0.3) is 0 Å². The molecule has 3 N–H and O–H groups in total. The first-order chi connectivity index (χ1) is 9.51. The first-order valence-corrected chi connectivity index (χ1v) is 9.91. The first kappa shape index (κ1) is 18.6. The highest BCUT2D eigenvalue weighted by Crippen LogP contribution is 2.36. The standard InChI is InChI=1S/C15H31N2O3Si/c1-14(2,3)20-13(18)17-12-10-16-8-7-11(12)9-15(4,5)21(6)19/h13,16-18,21H,7-10H2,1-6H3/q-1. The molecule has 0 aromatic rings. The van der Waals surface area contributed by atoms with Crippen molar-refractivity contribution in [3.8, 4) is 0 Å². The second-order valence-electron chi connectivity index (χ2n) is 7.54. The second kappa shape index (κ2) is 7.24. The minimum atomic E-state index is -1.97. The molecule has 0 aromatic heterocycles. The smallest absolute Gasteiger partial charge is 0.235 e. The van der Waals surface area contributed by atoms with Crippen LogP contribution >= 0.6 is 0 Å². The fraction of sp³-hybridized carbons (Fsp3) is 0.867. The number of rotatable bonds is 6. The van der Waals surface area contributed by atoms with Gasteiger partial charge in [-0.25, -0.2) is 0 Å². The number of hydrogen-bond acceptors (Lipinski definition) is 5. The molecule has 6 heteroatoms. The largest absolute Gasteiger partial charge is 0.860 e. The predicted molar refractivity (Wildman–Crippen MR) is 86.2 cm³/mol. The van der Waals surface area contributed by atoms with Crippen molar-refractivity contribution >= 4 is 9.04 Å². The average molecular weight is 316 g/mol. The Morgan fingerprint density at radius 3 is 2.52 bits per heavy atom. The van der Waals surface area contributed by atoms with Crippen LogP contribution in [0.5, 0.6) is 0 Å². The average Bonchev–Trinajstić information content (AvgIpc) is 2.28. The molecule has 0 fully saturated rings. The summed E-state index contributed by atoms with van der Waals surface area (Å²) in [5.74, 6) is 0. The Bertz CT molecular complexity index is 376. The molecule has 1 aliphatic rings. The van der Waals surface area contributed by atoms with Gasteiger partial charge < -0.3 is 25.3 Å². The lowest BCUT2D eigenvalue weighted by Crippen LogP contribution is -2.43. The molecule has 1 aliphatic heterocycles. The highest BCUT2D eigenvalue weighted by molar-refractivity contribution is 6.50. The Labute approximate surface area is 130 Å². The summed E-state index contributed by atoms with van der Waals surface area (Å²) in [6.07, 6.45) is 0.686. The van der Waals surface area contributed by atoms with Crippen molar-refractivity contribution in [2.45, 2.75) is 71.1 Å². The Kier molecular flexibility index (Phi) is 6.43. The second-order valence-corrected chi connectivity index (χ2v) is 10.4. The van der Waals surface area contributed by atoms with Crippen LogP contribution in [0, 0.1) is 0 Å². The van der Waals surface area contributed by atoms with E-state index in [1.54, 1.807) is 0 Å². The van der Waals surface area contributed by atoms with E-state index >= 15 is 0 Å². The van der Waals surface area contributed by atoms with Crippen molar-refractivity contribution in [3.63, 3.8) is 0 Å². The molecule has 0 amide bonds. The molecule has 0 saturated heterocycles. The minimum Gasteiger partial charge on any atom is -0.860 e. The third-order valence-corrected chi connectivity index (χ3v) is 6.27. The third-order valence-electron chi connectivity index (χ3n) is 3.86. The van der Waals surface area contributed by atoms with Crippen molar-refractivity contribution in [1.29, 1.82) is 0 Å². The lowest BCUT2D eigenvalue weighted by atomic mass is 9.95. The summed E-state index contributed by atoms with van der Waals surface area (Å²) < 4.78 is 5.50. The number of aliphatic hydroxyl groups is 1. The summed E-state index contributed by atoms with van der Waals surface area (Å²) in [5, 5.41) is 16.2. The highest BCUT2D eigenvalue weighted by Gasteiger charge is 2.25. The van der Waals surface area contributed by atoms with Crippen molar-refractivity contribution in [2.24, 2.45) is 0 Å². The molecule has 5 nitrogen and oxygen atoms in total. The van der Waals surface area contributed by atoms with Crippen LogP contribution in [0.2, 0.25) is 11.6 Å². The lowest BCUT2D eigenvalue weighted by molar-refractivity contribution is -0.199. The van der Waals surface area contributed by atoms with Gasteiger partial charge in [0, 0.05) is 12.2 Å². The first-order valence-electron chi connectivity index (χ1n) is 7.71. The van der Waals surface area contributed by atoms with Gasteiger partial charge in [0.15, 0.2) is 0 Å². The van der Waals surface area contributed by atoms with Crippen LogP contribution in [0.15, 0.2) is 11.3 Å². The van der Waals surface area contributed by atoms with Gasteiger partial charge in [0.2, 0.25) is 6.41 Å². The number of aliphatic hydroxyl groups excluding tert-OH is 1. The van der Waals surface area contributed by atoms with Gasteiger partial charge in [0.25, 0.3) is 0 Å². The molecular formula is C15H31N2O3Si-. The quantitative estimate of drug-likeness (QED) is 0.499. The minimum absolute atomic E-state index is 0.157. The number of hydrogen-bond donors (Lipinski definition) is 3. The Hall–Kier alpha value is -0.403. The molecule has 124 valence electrons. The van der Waals surface area contributed by atoms with E-state index in [1.807, 2.05) is 27.3 Å². The maximum Gasteiger partial charge on any atom is 0.235 e. The van der Waals surface area contributed by atoms with Gasteiger partial charge in [0.05, 0.1) is 5.60 Å². The lowest BCUT2D eigenvalue weighted by Gasteiger charge is -2.38.